The van der Waals surface area contributed by atoms with Crippen LogP contribution in [0.5, 0.6) is 0 Å². The summed E-state index contributed by atoms with van der Waals surface area (Å²) in [4.78, 5) is 18.2. The Kier molecular flexibility index (Phi) is 13.5. The molecule has 0 aliphatic carbocycles. The molecule has 0 radical (unpaired) electrons. The van der Waals surface area contributed by atoms with Gasteiger partial charge in [-0.15, -0.1) is 0 Å². The van der Waals surface area contributed by atoms with E-state index in [1.165, 1.54) is 11.1 Å². The number of hydrogen-bond donors (Lipinski definition) is 2. The highest BCUT2D eigenvalue weighted by atomic mass is 31.2. The molecule has 6 nitrogen and oxygen atoms in total. The molecule has 0 amide bonds. The van der Waals surface area contributed by atoms with Gasteiger partial charge < -0.3 is 19.0 Å². The minimum Gasteiger partial charge on any atom is -0.371 e. The van der Waals surface area contributed by atoms with Crippen molar-refractivity contribution in [1.29, 1.82) is 0 Å². The number of allylic oxidation sites excluding steroid dienone is 4. The average molecular weight is 436 g/mol. The van der Waals surface area contributed by atoms with E-state index in [2.05, 4.69) is 39.5 Å². The van der Waals surface area contributed by atoms with Gasteiger partial charge in [0.15, 0.2) is 0 Å². The monoisotopic (exact) mass is 436 g/mol. The maximum atomic E-state index is 12.6. The van der Waals surface area contributed by atoms with Crippen LogP contribution in [0.15, 0.2) is 35.5 Å². The smallest absolute Gasteiger partial charge is 0.335 e. The van der Waals surface area contributed by atoms with Crippen LogP contribution in [0.1, 0.15) is 66.7 Å². The molecule has 0 rings (SSSR count). The Balaban J connectivity index is 4.23. The molecule has 0 spiro atoms. The summed E-state index contributed by atoms with van der Waals surface area (Å²) in [6, 6.07) is 0. The quantitative estimate of drug-likeness (QED) is 0.180. The standard InChI is InChI=1S/C20H38O6P2/c1-17(2)9-7-10-19(5)11-8-12-20(6)13-14-25-15-27(21,26-18(3)4)16-28(22,23)24/h9,11,18H,6-8,10,12-16H2,1-5H3,(H2,22,23,24). The fraction of sp³-hybridized carbons (Fsp3) is 0.700. The van der Waals surface area contributed by atoms with Gasteiger partial charge in [-0.05, 0) is 66.7 Å². The summed E-state index contributed by atoms with van der Waals surface area (Å²) in [5.41, 5.74) is 3.74. The van der Waals surface area contributed by atoms with Gasteiger partial charge in [0.25, 0.3) is 0 Å². The fourth-order valence-electron chi connectivity index (χ4n) is 2.53. The van der Waals surface area contributed by atoms with Crippen LogP contribution in [0.25, 0.3) is 0 Å². The van der Waals surface area contributed by atoms with Gasteiger partial charge in [0, 0.05) is 0 Å². The van der Waals surface area contributed by atoms with E-state index >= 15 is 0 Å². The van der Waals surface area contributed by atoms with Crippen molar-refractivity contribution in [2.75, 3.05) is 18.9 Å². The highest BCUT2D eigenvalue weighted by Gasteiger charge is 2.34. The average Bonchev–Trinajstić information content (AvgIpc) is 2.48. The SMILES string of the molecule is C=C(CCC=C(C)CCC=C(C)C)CCOCP(=O)(CP(=O)(O)O)OC(C)C. The molecule has 0 aromatic rings. The van der Waals surface area contributed by atoms with E-state index in [1.54, 1.807) is 13.8 Å². The van der Waals surface area contributed by atoms with Crippen molar-refractivity contribution in [3.8, 4) is 0 Å². The zero-order chi connectivity index (χ0) is 21.8. The number of hydrogen-bond acceptors (Lipinski definition) is 4. The molecule has 2 N–H and O–H groups in total. The molecule has 0 aromatic heterocycles. The third kappa shape index (κ3) is 16.5. The molecule has 1 unspecified atom stereocenters. The number of ether oxygens (including phenoxy) is 1. The molecular weight excluding hydrogens is 398 g/mol. The van der Waals surface area contributed by atoms with Crippen LogP contribution in [-0.4, -0.2) is 34.7 Å². The van der Waals surface area contributed by atoms with Crippen molar-refractivity contribution in [2.45, 2.75) is 72.8 Å². The van der Waals surface area contributed by atoms with Crippen LogP contribution >= 0.6 is 15.0 Å². The first-order valence-electron chi connectivity index (χ1n) is 9.67. The lowest BCUT2D eigenvalue weighted by Crippen LogP contribution is -2.09. The molecule has 0 heterocycles. The maximum absolute atomic E-state index is 12.6. The minimum atomic E-state index is -4.45. The topological polar surface area (TPSA) is 93.1 Å². The number of rotatable bonds is 15. The Morgan fingerprint density at radius 3 is 2.18 bits per heavy atom. The Hall–Kier alpha value is -0.480. The van der Waals surface area contributed by atoms with Gasteiger partial charge in [0.1, 0.15) is 12.3 Å². The first kappa shape index (κ1) is 27.5. The van der Waals surface area contributed by atoms with E-state index in [4.69, 9.17) is 19.0 Å². The van der Waals surface area contributed by atoms with Crippen molar-refractivity contribution in [1.82, 2.24) is 0 Å². The third-order valence-electron chi connectivity index (χ3n) is 3.77. The van der Waals surface area contributed by atoms with Crippen molar-refractivity contribution >= 4 is 15.0 Å². The van der Waals surface area contributed by atoms with E-state index < -0.39 is 27.0 Å². The molecule has 8 heteroatoms. The molecular formula is C20H38O6P2. The van der Waals surface area contributed by atoms with Crippen molar-refractivity contribution in [3.63, 3.8) is 0 Å². The molecule has 0 aliphatic rings. The predicted octanol–water partition coefficient (Wildman–Crippen LogP) is 6.22. The van der Waals surface area contributed by atoms with E-state index in [0.29, 0.717) is 13.0 Å². The summed E-state index contributed by atoms with van der Waals surface area (Å²) in [5, 5.41) is 0. The highest BCUT2D eigenvalue weighted by molar-refractivity contribution is 7.73. The first-order chi connectivity index (χ1) is 12.8. The Morgan fingerprint density at radius 1 is 1.04 bits per heavy atom. The molecule has 0 aromatic carbocycles. The van der Waals surface area contributed by atoms with Gasteiger partial charge in [0.05, 0.1) is 12.7 Å². The van der Waals surface area contributed by atoms with Crippen LogP contribution < -0.4 is 0 Å². The largest absolute Gasteiger partial charge is 0.371 e. The summed E-state index contributed by atoms with van der Waals surface area (Å²) in [5.74, 6) is -0.796. The van der Waals surface area contributed by atoms with Crippen LogP contribution in [0.3, 0.4) is 0 Å². The summed E-state index contributed by atoms with van der Waals surface area (Å²) in [7, 11) is -7.98. The van der Waals surface area contributed by atoms with Crippen molar-refractivity contribution in [2.24, 2.45) is 0 Å². The normalized spacial score (nSPS) is 14.8. The highest BCUT2D eigenvalue weighted by Crippen LogP contribution is 2.58. The molecule has 0 saturated carbocycles. The molecule has 0 aliphatic heterocycles. The van der Waals surface area contributed by atoms with Gasteiger partial charge in [-0.2, -0.15) is 0 Å². The predicted molar refractivity (Wildman–Crippen MR) is 117 cm³/mol. The second kappa shape index (κ2) is 13.7. The zero-order valence-corrected chi connectivity index (χ0v) is 19.8. The summed E-state index contributed by atoms with van der Waals surface area (Å²) in [6.07, 6.45) is 8.28. The molecule has 0 bridgehead atoms. The van der Waals surface area contributed by atoms with E-state index in [0.717, 1.165) is 31.3 Å². The van der Waals surface area contributed by atoms with Crippen LogP contribution in [0.2, 0.25) is 0 Å². The summed E-state index contributed by atoms with van der Waals surface area (Å²) >= 11 is 0. The van der Waals surface area contributed by atoms with E-state index in [-0.39, 0.29) is 6.35 Å². The van der Waals surface area contributed by atoms with Crippen LogP contribution in [0.4, 0.5) is 0 Å². The Labute approximate surface area is 170 Å². The molecule has 1 atom stereocenters. The molecule has 28 heavy (non-hydrogen) atoms. The maximum Gasteiger partial charge on any atom is 0.335 e. The first-order valence-corrected chi connectivity index (χ1v) is 13.5. The minimum absolute atomic E-state index is 0.299. The molecule has 164 valence electrons. The summed E-state index contributed by atoms with van der Waals surface area (Å²) in [6.45, 7) is 14.0. The van der Waals surface area contributed by atoms with Crippen LogP contribution in [-0.2, 0) is 18.4 Å². The van der Waals surface area contributed by atoms with Crippen LogP contribution in [0, 0.1) is 0 Å². The lowest BCUT2D eigenvalue weighted by molar-refractivity contribution is 0.154. The van der Waals surface area contributed by atoms with E-state index in [9.17, 15) is 9.13 Å². The third-order valence-corrected chi connectivity index (χ3v) is 8.35. The fourth-order valence-corrected chi connectivity index (χ4v) is 6.60. The summed E-state index contributed by atoms with van der Waals surface area (Å²) < 4.78 is 34.5. The van der Waals surface area contributed by atoms with Gasteiger partial charge in [-0.25, -0.2) is 0 Å². The lowest BCUT2D eigenvalue weighted by Gasteiger charge is -2.21. The zero-order valence-electron chi connectivity index (χ0n) is 18.0. The Bertz CT molecular complexity index is 627. The van der Waals surface area contributed by atoms with Crippen molar-refractivity contribution in [3.05, 3.63) is 35.5 Å². The lowest BCUT2D eigenvalue weighted by atomic mass is 10.1. The van der Waals surface area contributed by atoms with Crippen molar-refractivity contribution < 1.29 is 28.2 Å². The van der Waals surface area contributed by atoms with Gasteiger partial charge >= 0.3 is 7.60 Å². The van der Waals surface area contributed by atoms with Gasteiger partial charge in [0.2, 0.25) is 7.37 Å². The molecule has 0 fully saturated rings. The van der Waals surface area contributed by atoms with Gasteiger partial charge in [-0.1, -0.05) is 35.5 Å². The Morgan fingerprint density at radius 2 is 1.64 bits per heavy atom. The van der Waals surface area contributed by atoms with Gasteiger partial charge in [-0.3, -0.25) is 9.13 Å². The second-order valence-electron chi connectivity index (χ2n) is 7.72. The molecule has 0 saturated heterocycles. The second-order valence-corrected chi connectivity index (χ2v) is 12.3. The van der Waals surface area contributed by atoms with E-state index in [1.807, 2.05) is 0 Å².